The second-order valence-corrected chi connectivity index (χ2v) is 8.96. The quantitative estimate of drug-likeness (QED) is 0.783. The molecule has 0 spiro atoms. The maximum absolute atomic E-state index is 12.8. The number of nitrogens with one attached hydrogen (secondary N) is 1. The van der Waals surface area contributed by atoms with Crippen LogP contribution in [-0.2, 0) is 16.1 Å². The van der Waals surface area contributed by atoms with Crippen molar-refractivity contribution < 1.29 is 19.1 Å². The SMILES string of the molecule is CCN1CCC(C)(C)[C@H](Oc2ccc3c(c2)CN(C2CCC(=O)NC2=O)C3=O)C1. The van der Waals surface area contributed by atoms with Gasteiger partial charge >= 0.3 is 0 Å². The number of piperidine rings is 2. The highest BCUT2D eigenvalue weighted by atomic mass is 16.5. The minimum absolute atomic E-state index is 0.0811. The molecule has 2 atom stereocenters. The molecule has 4 rings (SSSR count). The smallest absolute Gasteiger partial charge is 0.255 e. The minimum Gasteiger partial charge on any atom is -0.489 e. The standard InChI is InChI=1S/C22H29N3O4/c1-4-24-10-9-22(2,3)18(13-24)29-15-5-6-16-14(11-15)12-25(21(16)28)17-7-8-19(26)23-20(17)27/h5-6,11,17-18H,4,7-10,12-13H2,1-3H3,(H,23,26,27)/t17?,18-/m1/s1. The number of carbonyl (C=O) groups is 3. The van der Waals surface area contributed by atoms with Crippen LogP contribution in [0.2, 0.25) is 0 Å². The first-order valence-electron chi connectivity index (χ1n) is 10.4. The summed E-state index contributed by atoms with van der Waals surface area (Å²) in [5.74, 6) is -0.0567. The maximum atomic E-state index is 12.8. The van der Waals surface area contributed by atoms with Crippen molar-refractivity contribution in [3.63, 3.8) is 0 Å². The number of fused-ring (bicyclic) bond motifs is 1. The number of benzene rings is 1. The van der Waals surface area contributed by atoms with Crippen LogP contribution in [0, 0.1) is 5.41 Å². The Morgan fingerprint density at radius 2 is 2.03 bits per heavy atom. The summed E-state index contributed by atoms with van der Waals surface area (Å²) in [6.45, 7) is 10.0. The summed E-state index contributed by atoms with van der Waals surface area (Å²) in [5, 5.41) is 2.34. The Labute approximate surface area is 171 Å². The van der Waals surface area contributed by atoms with Gasteiger partial charge in [-0.15, -0.1) is 0 Å². The molecule has 0 radical (unpaired) electrons. The molecule has 7 nitrogen and oxygen atoms in total. The van der Waals surface area contributed by atoms with Gasteiger partial charge in [-0.25, -0.2) is 0 Å². The lowest BCUT2D eigenvalue weighted by Gasteiger charge is -2.43. The average Bonchev–Trinajstić information content (AvgIpc) is 2.99. The normalized spacial score (nSPS) is 27.0. The zero-order valence-corrected chi connectivity index (χ0v) is 17.4. The fraction of sp³-hybridized carbons (Fsp3) is 0.591. The van der Waals surface area contributed by atoms with Gasteiger partial charge in [0.2, 0.25) is 11.8 Å². The highest BCUT2D eigenvalue weighted by Gasteiger charge is 2.40. The lowest BCUT2D eigenvalue weighted by molar-refractivity contribution is -0.136. The van der Waals surface area contributed by atoms with Gasteiger partial charge in [0.1, 0.15) is 17.9 Å². The molecule has 156 valence electrons. The number of hydrogen-bond acceptors (Lipinski definition) is 5. The van der Waals surface area contributed by atoms with E-state index < -0.39 is 6.04 Å². The summed E-state index contributed by atoms with van der Waals surface area (Å²) in [6, 6.07) is 4.99. The lowest BCUT2D eigenvalue weighted by atomic mass is 9.80. The first kappa shape index (κ1) is 19.9. The molecule has 0 aliphatic carbocycles. The summed E-state index contributed by atoms with van der Waals surface area (Å²) in [7, 11) is 0. The third kappa shape index (κ3) is 3.75. The third-order valence-corrected chi connectivity index (χ3v) is 6.59. The number of likely N-dealkylation sites (N-methyl/N-ethyl adjacent to an activating group) is 1. The van der Waals surface area contributed by atoms with E-state index in [4.69, 9.17) is 4.74 Å². The molecule has 3 aliphatic rings. The van der Waals surface area contributed by atoms with E-state index in [1.54, 1.807) is 11.0 Å². The predicted molar refractivity (Wildman–Crippen MR) is 107 cm³/mol. The van der Waals surface area contributed by atoms with Crippen LogP contribution < -0.4 is 10.1 Å². The Hall–Kier alpha value is -2.41. The van der Waals surface area contributed by atoms with E-state index in [1.807, 2.05) is 12.1 Å². The van der Waals surface area contributed by atoms with Gasteiger partial charge in [-0.2, -0.15) is 0 Å². The van der Waals surface area contributed by atoms with Crippen LogP contribution in [0.15, 0.2) is 18.2 Å². The van der Waals surface area contributed by atoms with Gasteiger partial charge < -0.3 is 9.64 Å². The van der Waals surface area contributed by atoms with Crippen molar-refractivity contribution in [2.75, 3.05) is 19.6 Å². The maximum Gasteiger partial charge on any atom is 0.255 e. The van der Waals surface area contributed by atoms with Gasteiger partial charge in [-0.3, -0.25) is 24.6 Å². The van der Waals surface area contributed by atoms with E-state index in [1.165, 1.54) is 0 Å². The predicted octanol–water partition coefficient (Wildman–Crippen LogP) is 1.95. The Morgan fingerprint density at radius 1 is 1.24 bits per heavy atom. The number of carbonyl (C=O) groups excluding carboxylic acids is 3. The van der Waals surface area contributed by atoms with Crippen molar-refractivity contribution in [2.45, 2.75) is 58.7 Å². The van der Waals surface area contributed by atoms with E-state index >= 15 is 0 Å². The van der Waals surface area contributed by atoms with Crippen molar-refractivity contribution >= 4 is 17.7 Å². The van der Waals surface area contributed by atoms with E-state index in [0.717, 1.165) is 37.4 Å². The van der Waals surface area contributed by atoms with Crippen LogP contribution in [0.4, 0.5) is 0 Å². The van der Waals surface area contributed by atoms with Crippen LogP contribution in [0.3, 0.4) is 0 Å². The first-order chi connectivity index (χ1) is 13.8. The zero-order valence-electron chi connectivity index (χ0n) is 17.4. The molecular formula is C22H29N3O4. The number of ether oxygens (including phenoxy) is 1. The Morgan fingerprint density at radius 3 is 2.76 bits per heavy atom. The van der Waals surface area contributed by atoms with Crippen molar-refractivity contribution in [1.29, 1.82) is 0 Å². The Balaban J connectivity index is 1.50. The molecule has 3 heterocycles. The van der Waals surface area contributed by atoms with E-state index in [9.17, 15) is 14.4 Å². The Bertz CT molecular complexity index is 850. The molecule has 3 aliphatic heterocycles. The second-order valence-electron chi connectivity index (χ2n) is 8.96. The highest BCUT2D eigenvalue weighted by molar-refractivity contribution is 6.05. The third-order valence-electron chi connectivity index (χ3n) is 6.59. The Kier molecular flexibility index (Phi) is 5.11. The largest absolute Gasteiger partial charge is 0.489 e. The molecule has 1 aromatic rings. The zero-order chi connectivity index (χ0) is 20.8. The summed E-state index contributed by atoms with van der Waals surface area (Å²) >= 11 is 0. The van der Waals surface area contributed by atoms with Crippen molar-refractivity contribution in [3.8, 4) is 5.75 Å². The minimum atomic E-state index is -0.590. The number of hydrogen-bond donors (Lipinski definition) is 1. The van der Waals surface area contributed by atoms with Crippen LogP contribution in [0.5, 0.6) is 5.75 Å². The summed E-state index contributed by atoms with van der Waals surface area (Å²) in [4.78, 5) is 40.4. The van der Waals surface area contributed by atoms with Gasteiger partial charge in [0.15, 0.2) is 0 Å². The van der Waals surface area contributed by atoms with Crippen molar-refractivity contribution in [1.82, 2.24) is 15.1 Å². The molecule has 2 fully saturated rings. The monoisotopic (exact) mass is 399 g/mol. The number of amides is 3. The summed E-state index contributed by atoms with van der Waals surface area (Å²) in [6.07, 6.45) is 1.79. The molecule has 3 amide bonds. The van der Waals surface area contributed by atoms with Gasteiger partial charge in [0.05, 0.1) is 0 Å². The number of rotatable bonds is 4. The van der Waals surface area contributed by atoms with Crippen LogP contribution in [-0.4, -0.2) is 59.3 Å². The van der Waals surface area contributed by atoms with E-state index in [0.29, 0.717) is 18.5 Å². The van der Waals surface area contributed by atoms with E-state index in [-0.39, 0.29) is 35.7 Å². The fourth-order valence-corrected chi connectivity index (χ4v) is 4.45. The summed E-state index contributed by atoms with van der Waals surface area (Å²) in [5.41, 5.74) is 1.57. The molecule has 29 heavy (non-hydrogen) atoms. The number of nitrogens with zero attached hydrogens (tertiary/aromatic N) is 2. The molecule has 1 unspecified atom stereocenters. The van der Waals surface area contributed by atoms with Crippen LogP contribution >= 0.6 is 0 Å². The molecule has 7 heteroatoms. The van der Waals surface area contributed by atoms with Gasteiger partial charge in [0, 0.05) is 30.5 Å². The molecule has 0 aromatic heterocycles. The topological polar surface area (TPSA) is 79.0 Å². The van der Waals surface area contributed by atoms with Crippen LogP contribution in [0.1, 0.15) is 56.0 Å². The molecule has 0 bridgehead atoms. The first-order valence-corrected chi connectivity index (χ1v) is 10.4. The number of imide groups is 1. The molecule has 1 N–H and O–H groups in total. The molecule has 1 aromatic carbocycles. The average molecular weight is 399 g/mol. The van der Waals surface area contributed by atoms with Gasteiger partial charge in [0.25, 0.3) is 5.91 Å². The second kappa shape index (κ2) is 7.44. The van der Waals surface area contributed by atoms with Crippen molar-refractivity contribution in [2.24, 2.45) is 5.41 Å². The van der Waals surface area contributed by atoms with Crippen LogP contribution in [0.25, 0.3) is 0 Å². The van der Waals surface area contributed by atoms with E-state index in [2.05, 4.69) is 31.0 Å². The van der Waals surface area contributed by atoms with Gasteiger partial charge in [-0.05, 0) is 49.7 Å². The molecular weight excluding hydrogens is 370 g/mol. The molecule has 0 saturated carbocycles. The fourth-order valence-electron chi connectivity index (χ4n) is 4.45. The number of likely N-dealkylation sites (tertiary alicyclic amines) is 1. The van der Waals surface area contributed by atoms with Crippen molar-refractivity contribution in [3.05, 3.63) is 29.3 Å². The van der Waals surface area contributed by atoms with Gasteiger partial charge in [-0.1, -0.05) is 20.8 Å². The lowest BCUT2D eigenvalue weighted by Crippen LogP contribution is -2.52. The molecule has 2 saturated heterocycles. The summed E-state index contributed by atoms with van der Waals surface area (Å²) < 4.78 is 6.38. The highest BCUT2D eigenvalue weighted by Crippen LogP contribution is 2.35.